The summed E-state index contributed by atoms with van der Waals surface area (Å²) < 4.78 is 15.6. The van der Waals surface area contributed by atoms with Crippen molar-refractivity contribution in [3.63, 3.8) is 0 Å². The van der Waals surface area contributed by atoms with Gasteiger partial charge < -0.3 is 13.6 Å². The molecule has 0 radical (unpaired) electrons. The average molecular weight is 281 g/mol. The molecule has 5 heteroatoms. The first-order chi connectivity index (χ1) is 9.10. The number of furan rings is 2. The fraction of sp³-hybridized carbons (Fsp3) is 0.214. The molecule has 0 amide bonds. The van der Waals surface area contributed by atoms with E-state index in [9.17, 15) is 4.79 Å². The Hall–Kier alpha value is -1.94. The van der Waals surface area contributed by atoms with Crippen LogP contribution in [0.4, 0.5) is 0 Å². The highest BCUT2D eigenvalue weighted by atomic mass is 35.5. The molecule has 0 atom stereocenters. The zero-order valence-electron chi connectivity index (χ0n) is 10.6. The topological polar surface area (TPSA) is 52.6 Å². The number of ether oxygens (including phenoxy) is 1. The second kappa shape index (κ2) is 5.80. The molecule has 0 unspecified atom stereocenters. The van der Waals surface area contributed by atoms with E-state index in [0.717, 1.165) is 0 Å². The lowest BCUT2D eigenvalue weighted by Gasteiger charge is -1.97. The SMILES string of the molecule is CCOC(=O)c1cc(/C=C/c2ccc(Cl)o2)oc1C. The summed E-state index contributed by atoms with van der Waals surface area (Å²) in [6.45, 7) is 3.81. The van der Waals surface area contributed by atoms with E-state index in [1.54, 1.807) is 44.2 Å². The van der Waals surface area contributed by atoms with Crippen LogP contribution in [0.3, 0.4) is 0 Å². The lowest BCUT2D eigenvalue weighted by Crippen LogP contribution is -2.04. The van der Waals surface area contributed by atoms with Crippen LogP contribution in [0.5, 0.6) is 0 Å². The summed E-state index contributed by atoms with van der Waals surface area (Å²) in [6.07, 6.45) is 3.41. The van der Waals surface area contributed by atoms with Crippen molar-refractivity contribution in [2.75, 3.05) is 6.61 Å². The number of carbonyl (C=O) groups excluding carboxylic acids is 1. The number of rotatable bonds is 4. The van der Waals surface area contributed by atoms with Crippen LogP contribution in [-0.4, -0.2) is 12.6 Å². The quantitative estimate of drug-likeness (QED) is 0.788. The first kappa shape index (κ1) is 13.5. The van der Waals surface area contributed by atoms with Gasteiger partial charge in [0.15, 0.2) is 5.22 Å². The lowest BCUT2D eigenvalue weighted by atomic mass is 10.2. The standard InChI is InChI=1S/C14H13ClO4/c1-3-17-14(16)12-8-11(18-9(12)2)5-4-10-6-7-13(15)19-10/h4-8H,3H2,1-2H3/b5-4+. The summed E-state index contributed by atoms with van der Waals surface area (Å²) in [5.41, 5.74) is 0.430. The van der Waals surface area contributed by atoms with E-state index in [4.69, 9.17) is 25.2 Å². The van der Waals surface area contributed by atoms with Gasteiger partial charge in [0.2, 0.25) is 0 Å². The highest BCUT2D eigenvalue weighted by Crippen LogP contribution is 2.19. The van der Waals surface area contributed by atoms with Gasteiger partial charge in [0.25, 0.3) is 0 Å². The molecule has 2 aromatic heterocycles. The summed E-state index contributed by atoms with van der Waals surface area (Å²) in [6, 6.07) is 5.02. The molecule has 0 N–H and O–H groups in total. The fourth-order valence-electron chi connectivity index (χ4n) is 1.58. The Morgan fingerprint density at radius 3 is 2.68 bits per heavy atom. The van der Waals surface area contributed by atoms with Gasteiger partial charge in [-0.1, -0.05) is 0 Å². The molecule has 4 nitrogen and oxygen atoms in total. The minimum atomic E-state index is -0.385. The molecular weight excluding hydrogens is 268 g/mol. The predicted octanol–water partition coefficient (Wildman–Crippen LogP) is 4.18. The summed E-state index contributed by atoms with van der Waals surface area (Å²) in [7, 11) is 0. The maximum Gasteiger partial charge on any atom is 0.341 e. The first-order valence-corrected chi connectivity index (χ1v) is 6.19. The lowest BCUT2D eigenvalue weighted by molar-refractivity contribution is 0.0524. The minimum Gasteiger partial charge on any atom is -0.462 e. The third-order valence-electron chi connectivity index (χ3n) is 2.44. The summed E-state index contributed by atoms with van der Waals surface area (Å²) in [5, 5.41) is 0.322. The third-order valence-corrected chi connectivity index (χ3v) is 2.64. The maximum atomic E-state index is 11.6. The molecule has 2 aromatic rings. The van der Waals surface area contributed by atoms with Crippen molar-refractivity contribution >= 4 is 29.7 Å². The molecular formula is C14H13ClO4. The average Bonchev–Trinajstić information content (AvgIpc) is 2.93. The van der Waals surface area contributed by atoms with Crippen LogP contribution in [0.1, 0.15) is 34.6 Å². The Balaban J connectivity index is 2.16. The molecule has 19 heavy (non-hydrogen) atoms. The van der Waals surface area contributed by atoms with Crippen molar-refractivity contribution in [2.24, 2.45) is 0 Å². The predicted molar refractivity (Wildman–Crippen MR) is 72.0 cm³/mol. The molecule has 0 saturated carbocycles. The van der Waals surface area contributed by atoms with Crippen molar-refractivity contribution in [1.82, 2.24) is 0 Å². The largest absolute Gasteiger partial charge is 0.462 e. The molecule has 100 valence electrons. The van der Waals surface area contributed by atoms with Gasteiger partial charge in [-0.3, -0.25) is 0 Å². The number of carbonyl (C=O) groups is 1. The number of esters is 1. The Morgan fingerprint density at radius 2 is 2.05 bits per heavy atom. The Labute approximate surface area is 115 Å². The van der Waals surface area contributed by atoms with Gasteiger partial charge in [0.05, 0.1) is 6.61 Å². The van der Waals surface area contributed by atoms with Gasteiger partial charge in [0.1, 0.15) is 22.8 Å². The second-order valence-corrected chi connectivity index (χ2v) is 4.19. The Morgan fingerprint density at radius 1 is 1.32 bits per heavy atom. The molecule has 2 rings (SSSR count). The van der Waals surface area contributed by atoms with Gasteiger partial charge in [0, 0.05) is 0 Å². The van der Waals surface area contributed by atoms with Gasteiger partial charge >= 0.3 is 5.97 Å². The van der Waals surface area contributed by atoms with Crippen LogP contribution in [0.15, 0.2) is 27.0 Å². The number of halogens is 1. The van der Waals surface area contributed by atoms with Gasteiger partial charge in [-0.25, -0.2) is 4.79 Å². The molecule has 0 bridgehead atoms. The van der Waals surface area contributed by atoms with Crippen LogP contribution in [-0.2, 0) is 4.74 Å². The van der Waals surface area contributed by atoms with E-state index >= 15 is 0 Å². The zero-order chi connectivity index (χ0) is 13.8. The fourth-order valence-corrected chi connectivity index (χ4v) is 1.73. The third kappa shape index (κ3) is 3.29. The molecule has 0 saturated heterocycles. The van der Waals surface area contributed by atoms with E-state index in [1.165, 1.54) is 0 Å². The minimum absolute atomic E-state index is 0.322. The first-order valence-electron chi connectivity index (χ1n) is 5.81. The van der Waals surface area contributed by atoms with Crippen LogP contribution in [0.2, 0.25) is 5.22 Å². The molecule has 0 aromatic carbocycles. The number of hydrogen-bond donors (Lipinski definition) is 0. The monoisotopic (exact) mass is 280 g/mol. The second-order valence-electron chi connectivity index (χ2n) is 3.81. The molecule has 0 aliphatic carbocycles. The highest BCUT2D eigenvalue weighted by molar-refractivity contribution is 6.28. The molecule has 0 aliphatic rings. The zero-order valence-corrected chi connectivity index (χ0v) is 11.4. The molecule has 0 spiro atoms. The molecule has 2 heterocycles. The summed E-state index contributed by atoms with van der Waals surface area (Å²) in [5.74, 6) is 1.30. The molecule has 0 aliphatic heterocycles. The van der Waals surface area contributed by atoms with Crippen molar-refractivity contribution in [3.05, 3.63) is 46.3 Å². The van der Waals surface area contributed by atoms with Crippen LogP contribution < -0.4 is 0 Å². The van der Waals surface area contributed by atoms with Crippen molar-refractivity contribution < 1.29 is 18.4 Å². The van der Waals surface area contributed by atoms with E-state index < -0.39 is 0 Å². The molecule has 0 fully saturated rings. The van der Waals surface area contributed by atoms with E-state index in [1.807, 2.05) is 0 Å². The number of hydrogen-bond acceptors (Lipinski definition) is 4. The van der Waals surface area contributed by atoms with E-state index in [2.05, 4.69) is 0 Å². The summed E-state index contributed by atoms with van der Waals surface area (Å²) in [4.78, 5) is 11.6. The van der Waals surface area contributed by atoms with Crippen LogP contribution in [0.25, 0.3) is 12.2 Å². The van der Waals surface area contributed by atoms with Crippen molar-refractivity contribution in [2.45, 2.75) is 13.8 Å². The van der Waals surface area contributed by atoms with Crippen LogP contribution >= 0.6 is 11.6 Å². The van der Waals surface area contributed by atoms with Gasteiger partial charge in [-0.05, 0) is 55.8 Å². The Bertz CT molecular complexity index is 607. The van der Waals surface area contributed by atoms with Crippen molar-refractivity contribution in [1.29, 1.82) is 0 Å². The number of aryl methyl sites for hydroxylation is 1. The smallest absolute Gasteiger partial charge is 0.341 e. The van der Waals surface area contributed by atoms with E-state index in [0.29, 0.717) is 34.7 Å². The van der Waals surface area contributed by atoms with Gasteiger partial charge in [-0.2, -0.15) is 0 Å². The van der Waals surface area contributed by atoms with Crippen LogP contribution in [0, 0.1) is 6.92 Å². The van der Waals surface area contributed by atoms with E-state index in [-0.39, 0.29) is 5.97 Å². The summed E-state index contributed by atoms with van der Waals surface area (Å²) >= 11 is 5.66. The van der Waals surface area contributed by atoms with Gasteiger partial charge in [-0.15, -0.1) is 0 Å². The maximum absolute atomic E-state index is 11.6. The van der Waals surface area contributed by atoms with Crippen molar-refractivity contribution in [3.8, 4) is 0 Å². The Kier molecular flexibility index (Phi) is 4.12. The normalized spacial score (nSPS) is 11.1. The highest BCUT2D eigenvalue weighted by Gasteiger charge is 2.14.